The van der Waals surface area contributed by atoms with Crippen molar-refractivity contribution in [3.05, 3.63) is 29.3 Å². The van der Waals surface area contributed by atoms with Gasteiger partial charge in [-0.2, -0.15) is 0 Å². The molecule has 2 atom stereocenters. The zero-order chi connectivity index (χ0) is 20.8. The number of quaternary nitrogens is 1. The molecule has 0 fully saturated rings. The summed E-state index contributed by atoms with van der Waals surface area (Å²) in [5, 5.41) is 5.93. The number of carbonyl (C=O) groups excluding carboxylic acids is 3. The van der Waals surface area contributed by atoms with Gasteiger partial charge < -0.3 is 15.5 Å². The van der Waals surface area contributed by atoms with Crippen LogP contribution in [0.15, 0.2) is 23.2 Å². The normalized spacial score (nSPS) is 17.4. The van der Waals surface area contributed by atoms with Crippen LogP contribution in [0.4, 0.5) is 5.69 Å². The van der Waals surface area contributed by atoms with E-state index in [0.29, 0.717) is 18.1 Å². The van der Waals surface area contributed by atoms with Crippen molar-refractivity contribution in [1.82, 2.24) is 5.32 Å². The highest BCUT2D eigenvalue weighted by molar-refractivity contribution is 8.15. The average Bonchev–Trinajstić information content (AvgIpc) is 2.89. The van der Waals surface area contributed by atoms with Crippen LogP contribution in [0.1, 0.15) is 31.4 Å². The summed E-state index contributed by atoms with van der Waals surface area (Å²) in [5.41, 5.74) is 2.77. The molecule has 1 aliphatic heterocycles. The highest BCUT2D eigenvalue weighted by Crippen LogP contribution is 2.26. The van der Waals surface area contributed by atoms with Gasteiger partial charge in [-0.15, -0.1) is 0 Å². The second-order valence-corrected chi connectivity index (χ2v) is 8.78. The number of likely N-dealkylation sites (N-methyl/N-ethyl adjacent to an activating group) is 1. The van der Waals surface area contributed by atoms with Gasteiger partial charge in [0.1, 0.15) is 16.8 Å². The molecule has 1 aliphatic rings. The van der Waals surface area contributed by atoms with Gasteiger partial charge in [-0.05, 0) is 38.8 Å². The number of aryl methyl sites for hydroxylation is 2. The molecule has 0 aliphatic carbocycles. The zero-order valence-electron chi connectivity index (χ0n) is 17.1. The number of thioether (sulfide) groups is 1. The molecule has 3 amide bonds. The van der Waals surface area contributed by atoms with Crippen molar-refractivity contribution in [2.45, 2.75) is 45.4 Å². The number of anilines is 1. The van der Waals surface area contributed by atoms with Crippen molar-refractivity contribution < 1.29 is 19.3 Å². The molecule has 1 aromatic carbocycles. The van der Waals surface area contributed by atoms with Gasteiger partial charge >= 0.3 is 0 Å². The number of aliphatic imine (C=N–C) groups is 1. The van der Waals surface area contributed by atoms with E-state index in [2.05, 4.69) is 15.6 Å². The molecule has 0 bridgehead atoms. The van der Waals surface area contributed by atoms with E-state index in [0.717, 1.165) is 21.7 Å². The molecular weight excluding hydrogens is 376 g/mol. The monoisotopic (exact) mass is 405 g/mol. The molecule has 1 heterocycles. The Labute approximate surface area is 170 Å². The fourth-order valence-electron chi connectivity index (χ4n) is 2.98. The molecule has 2 rings (SSSR count). The Bertz CT molecular complexity index is 771. The number of carbonyl (C=O) groups is 3. The lowest BCUT2D eigenvalue weighted by Crippen LogP contribution is -3.11. The van der Waals surface area contributed by atoms with Crippen molar-refractivity contribution in [1.29, 1.82) is 0 Å². The summed E-state index contributed by atoms with van der Waals surface area (Å²) in [6.07, 6.45) is 0.0805. The number of amides is 3. The van der Waals surface area contributed by atoms with Crippen molar-refractivity contribution in [3.8, 4) is 0 Å². The Morgan fingerprint density at radius 1 is 1.21 bits per heavy atom. The lowest BCUT2D eigenvalue weighted by Gasteiger charge is -2.15. The van der Waals surface area contributed by atoms with Crippen molar-refractivity contribution in [3.63, 3.8) is 0 Å². The predicted octanol–water partition coefficient (Wildman–Crippen LogP) is 0.712. The molecule has 8 heteroatoms. The number of rotatable bonds is 8. The summed E-state index contributed by atoms with van der Waals surface area (Å²) < 4.78 is 0. The Balaban J connectivity index is 1.85. The largest absolute Gasteiger partial charge is 0.349 e. The molecule has 28 heavy (non-hydrogen) atoms. The summed E-state index contributed by atoms with van der Waals surface area (Å²) in [7, 11) is 1.88. The number of benzene rings is 1. The van der Waals surface area contributed by atoms with Gasteiger partial charge in [0.05, 0.1) is 7.05 Å². The number of nitrogens with zero attached hydrogens (tertiary/aromatic N) is 1. The predicted molar refractivity (Wildman–Crippen MR) is 113 cm³/mol. The van der Waals surface area contributed by atoms with Crippen LogP contribution in [-0.2, 0) is 14.4 Å². The molecule has 0 saturated carbocycles. The lowest BCUT2D eigenvalue weighted by atomic mass is 10.1. The molecule has 0 spiro atoms. The minimum Gasteiger partial charge on any atom is -0.349 e. The molecule has 1 unspecified atom stereocenters. The van der Waals surface area contributed by atoms with Crippen LogP contribution < -0.4 is 15.5 Å². The minimum atomic E-state index is -0.503. The number of hydrogen-bond donors (Lipinski definition) is 3. The van der Waals surface area contributed by atoms with E-state index < -0.39 is 5.25 Å². The summed E-state index contributed by atoms with van der Waals surface area (Å²) in [5.74, 6) is -0.514. The van der Waals surface area contributed by atoms with Gasteiger partial charge in [0.15, 0.2) is 6.54 Å². The van der Waals surface area contributed by atoms with Crippen molar-refractivity contribution >= 4 is 40.2 Å². The summed E-state index contributed by atoms with van der Waals surface area (Å²) in [6.45, 7) is 8.50. The third kappa shape index (κ3) is 6.45. The second kappa shape index (κ2) is 9.84. The van der Waals surface area contributed by atoms with Gasteiger partial charge in [-0.3, -0.25) is 14.4 Å². The number of hydrogen-bond acceptors (Lipinski definition) is 4. The molecule has 1 aromatic rings. The average molecular weight is 406 g/mol. The summed E-state index contributed by atoms with van der Waals surface area (Å²) in [6, 6.07) is 5.91. The van der Waals surface area contributed by atoms with Crippen LogP contribution in [0.5, 0.6) is 0 Å². The van der Waals surface area contributed by atoms with Gasteiger partial charge in [0.25, 0.3) is 11.8 Å². The van der Waals surface area contributed by atoms with Crippen LogP contribution in [-0.4, -0.2) is 54.2 Å². The lowest BCUT2D eigenvalue weighted by molar-refractivity contribution is -0.861. The Morgan fingerprint density at radius 2 is 1.86 bits per heavy atom. The summed E-state index contributed by atoms with van der Waals surface area (Å²) in [4.78, 5) is 41.5. The Morgan fingerprint density at radius 3 is 2.46 bits per heavy atom. The first-order valence-electron chi connectivity index (χ1n) is 9.40. The first-order valence-corrected chi connectivity index (χ1v) is 10.3. The Hall–Kier alpha value is -2.19. The Kier molecular flexibility index (Phi) is 7.77. The molecule has 0 aromatic heterocycles. The maximum Gasteiger partial charge on any atom is 0.275 e. The number of nitrogens with one attached hydrogen (secondary N) is 3. The molecule has 0 radical (unpaired) electrons. The van der Waals surface area contributed by atoms with Crippen LogP contribution in [0.25, 0.3) is 0 Å². The van der Waals surface area contributed by atoms with Gasteiger partial charge in [-0.1, -0.05) is 30.0 Å². The van der Waals surface area contributed by atoms with E-state index in [4.69, 9.17) is 0 Å². The van der Waals surface area contributed by atoms with E-state index in [1.807, 2.05) is 52.9 Å². The molecular formula is C20H29N4O3S+. The van der Waals surface area contributed by atoms with E-state index in [1.54, 1.807) is 0 Å². The highest BCUT2D eigenvalue weighted by atomic mass is 32.2. The minimum absolute atomic E-state index is 0.0352. The van der Waals surface area contributed by atoms with Crippen molar-refractivity contribution in [2.75, 3.05) is 25.5 Å². The standard InChI is InChI=1S/C20H28N4O3S/c1-12(2)21-17(26)10-24(5)11-18-23-20(27)15(28-18)9-16(25)22-19-13(3)7-6-8-14(19)4/h6-8,12,15H,9-11H2,1-5H3,(H,21,26)(H,22,25)/p+1/t15-/m0/s1. The van der Waals surface area contributed by atoms with E-state index in [1.165, 1.54) is 11.8 Å². The molecule has 0 saturated heterocycles. The van der Waals surface area contributed by atoms with E-state index >= 15 is 0 Å². The molecule has 3 N–H and O–H groups in total. The quantitative estimate of drug-likeness (QED) is 0.594. The number of para-hydroxylation sites is 1. The molecule has 7 nitrogen and oxygen atoms in total. The fourth-order valence-corrected chi connectivity index (χ4v) is 4.17. The maximum atomic E-state index is 12.4. The smallest absolute Gasteiger partial charge is 0.275 e. The fraction of sp³-hybridized carbons (Fsp3) is 0.500. The van der Waals surface area contributed by atoms with E-state index in [9.17, 15) is 14.4 Å². The first kappa shape index (κ1) is 22.1. The van der Waals surface area contributed by atoms with Gasteiger partial charge in [0, 0.05) is 18.2 Å². The van der Waals surface area contributed by atoms with Gasteiger partial charge in [-0.25, -0.2) is 4.99 Å². The summed E-state index contributed by atoms with van der Waals surface area (Å²) >= 11 is 1.32. The van der Waals surface area contributed by atoms with Crippen LogP contribution in [0.2, 0.25) is 0 Å². The van der Waals surface area contributed by atoms with Gasteiger partial charge in [0.2, 0.25) is 5.91 Å². The highest BCUT2D eigenvalue weighted by Gasteiger charge is 2.32. The van der Waals surface area contributed by atoms with Crippen LogP contribution in [0, 0.1) is 13.8 Å². The second-order valence-electron chi connectivity index (χ2n) is 7.50. The molecule has 152 valence electrons. The maximum absolute atomic E-state index is 12.4. The SMILES string of the molecule is Cc1cccc(C)c1NC(=O)C[C@@H]1SC(C[NH+](C)CC(=O)NC(C)C)=NC1=O. The van der Waals surface area contributed by atoms with E-state index in [-0.39, 0.29) is 30.2 Å². The van der Waals surface area contributed by atoms with Crippen molar-refractivity contribution in [2.24, 2.45) is 4.99 Å². The first-order chi connectivity index (χ1) is 13.2. The topological polar surface area (TPSA) is 92.1 Å². The third-order valence-corrected chi connectivity index (χ3v) is 5.43. The zero-order valence-corrected chi connectivity index (χ0v) is 17.9. The third-order valence-electron chi connectivity index (χ3n) is 4.27. The van der Waals surface area contributed by atoms with Crippen LogP contribution in [0.3, 0.4) is 0 Å². The van der Waals surface area contributed by atoms with Crippen LogP contribution >= 0.6 is 11.8 Å².